The van der Waals surface area contributed by atoms with Gasteiger partial charge in [-0.2, -0.15) is 5.10 Å². The predicted molar refractivity (Wildman–Crippen MR) is 110 cm³/mol. The van der Waals surface area contributed by atoms with Crippen molar-refractivity contribution in [3.8, 4) is 22.8 Å². The van der Waals surface area contributed by atoms with Crippen LogP contribution in [0.1, 0.15) is 15.9 Å². The Morgan fingerprint density at radius 2 is 1.86 bits per heavy atom. The third-order valence-corrected chi connectivity index (χ3v) is 4.54. The van der Waals surface area contributed by atoms with Crippen molar-refractivity contribution in [2.24, 2.45) is 0 Å². The predicted octanol–water partition coefficient (Wildman–Crippen LogP) is 4.86. The van der Waals surface area contributed by atoms with Gasteiger partial charge in [-0.3, -0.25) is 0 Å². The Morgan fingerprint density at radius 1 is 1.03 bits per heavy atom. The second kappa shape index (κ2) is 8.16. The number of hydrogen-bond acceptors (Lipinski definition) is 4. The Bertz CT molecular complexity index is 1160. The summed E-state index contributed by atoms with van der Waals surface area (Å²) in [6.07, 6.45) is 1.41. The molecule has 4 aromatic rings. The Morgan fingerprint density at radius 3 is 2.66 bits per heavy atom. The molecule has 0 saturated carbocycles. The van der Waals surface area contributed by atoms with Crippen molar-refractivity contribution in [3.05, 3.63) is 95.3 Å². The molecular formula is C22H16ClN3O3. The number of carboxylic acids is 1. The maximum atomic E-state index is 11.3. The lowest BCUT2D eigenvalue weighted by atomic mass is 10.1. The van der Waals surface area contributed by atoms with Crippen LogP contribution in [-0.4, -0.2) is 25.8 Å². The molecule has 0 aliphatic heterocycles. The van der Waals surface area contributed by atoms with Crippen LogP contribution >= 0.6 is 11.6 Å². The molecule has 1 heterocycles. The van der Waals surface area contributed by atoms with Gasteiger partial charge in [0.25, 0.3) is 0 Å². The monoisotopic (exact) mass is 405 g/mol. The van der Waals surface area contributed by atoms with E-state index >= 15 is 0 Å². The van der Waals surface area contributed by atoms with Crippen molar-refractivity contribution < 1.29 is 14.6 Å². The van der Waals surface area contributed by atoms with Gasteiger partial charge in [0.05, 0.1) is 5.56 Å². The molecule has 0 aliphatic carbocycles. The van der Waals surface area contributed by atoms with E-state index in [1.807, 2.05) is 30.3 Å². The second-order valence-corrected chi connectivity index (χ2v) is 6.70. The molecule has 0 aliphatic rings. The molecule has 6 nitrogen and oxygen atoms in total. The molecule has 7 heteroatoms. The Balaban J connectivity index is 1.73. The maximum Gasteiger partial charge on any atom is 0.335 e. The van der Waals surface area contributed by atoms with Crippen molar-refractivity contribution in [3.63, 3.8) is 0 Å². The third-order valence-electron chi connectivity index (χ3n) is 4.30. The molecule has 0 atom stereocenters. The first-order valence-electron chi connectivity index (χ1n) is 8.82. The average Bonchev–Trinajstić information content (AvgIpc) is 3.23. The topological polar surface area (TPSA) is 77.2 Å². The lowest BCUT2D eigenvalue weighted by Crippen LogP contribution is -2.05. The van der Waals surface area contributed by atoms with Gasteiger partial charge in [0.15, 0.2) is 5.82 Å². The van der Waals surface area contributed by atoms with Crippen LogP contribution in [0.15, 0.2) is 79.1 Å². The molecule has 0 bridgehead atoms. The van der Waals surface area contributed by atoms with Gasteiger partial charge in [-0.15, -0.1) is 0 Å². The van der Waals surface area contributed by atoms with E-state index in [4.69, 9.17) is 16.3 Å². The number of aromatic carboxylic acids is 1. The van der Waals surface area contributed by atoms with Gasteiger partial charge >= 0.3 is 5.97 Å². The fourth-order valence-electron chi connectivity index (χ4n) is 2.92. The van der Waals surface area contributed by atoms with Crippen molar-refractivity contribution in [2.75, 3.05) is 0 Å². The highest BCUT2D eigenvalue weighted by molar-refractivity contribution is 6.30. The third kappa shape index (κ3) is 4.12. The standard InChI is InChI=1S/C22H16ClN3O3/c23-18-9-10-20(29-13-15-5-2-1-3-6-15)19(12-18)26-21(24-14-25-26)16-7-4-8-17(11-16)22(27)28/h1-12,14H,13H2,(H,27,28). The van der Waals surface area contributed by atoms with Gasteiger partial charge in [-0.25, -0.2) is 14.5 Å². The summed E-state index contributed by atoms with van der Waals surface area (Å²) in [4.78, 5) is 15.6. The summed E-state index contributed by atoms with van der Waals surface area (Å²) in [7, 11) is 0. The Labute approximate surface area is 172 Å². The van der Waals surface area contributed by atoms with Crippen LogP contribution in [0.25, 0.3) is 17.1 Å². The first-order valence-corrected chi connectivity index (χ1v) is 9.20. The molecule has 144 valence electrons. The van der Waals surface area contributed by atoms with Crippen LogP contribution < -0.4 is 4.74 Å². The zero-order chi connectivity index (χ0) is 20.2. The van der Waals surface area contributed by atoms with E-state index in [1.54, 1.807) is 41.1 Å². The van der Waals surface area contributed by atoms with Gasteiger partial charge < -0.3 is 9.84 Å². The van der Waals surface area contributed by atoms with E-state index in [0.717, 1.165) is 5.56 Å². The van der Waals surface area contributed by atoms with E-state index in [-0.39, 0.29) is 5.56 Å². The number of halogens is 1. The fourth-order valence-corrected chi connectivity index (χ4v) is 3.09. The molecule has 4 rings (SSSR count). The lowest BCUT2D eigenvalue weighted by Gasteiger charge is -2.14. The first kappa shape index (κ1) is 18.7. The summed E-state index contributed by atoms with van der Waals surface area (Å²) in [5.41, 5.74) is 2.43. The van der Waals surface area contributed by atoms with E-state index in [9.17, 15) is 9.90 Å². The Hall–Kier alpha value is -3.64. The molecule has 3 aromatic carbocycles. The zero-order valence-electron chi connectivity index (χ0n) is 15.2. The molecule has 0 spiro atoms. The summed E-state index contributed by atoms with van der Waals surface area (Å²) >= 11 is 6.22. The number of benzene rings is 3. The first-order chi connectivity index (χ1) is 14.1. The Kier molecular flexibility index (Phi) is 5.27. The van der Waals surface area contributed by atoms with Gasteiger partial charge in [0.2, 0.25) is 0 Å². The van der Waals surface area contributed by atoms with Gasteiger partial charge in [0.1, 0.15) is 24.4 Å². The van der Waals surface area contributed by atoms with Crippen molar-refractivity contribution in [1.29, 1.82) is 0 Å². The number of hydrogen-bond donors (Lipinski definition) is 1. The number of rotatable bonds is 6. The molecule has 1 aromatic heterocycles. The molecule has 0 fully saturated rings. The van der Waals surface area contributed by atoms with E-state index in [2.05, 4.69) is 10.1 Å². The SMILES string of the molecule is O=C(O)c1cccc(-c2ncnn2-c2cc(Cl)ccc2OCc2ccccc2)c1. The van der Waals surface area contributed by atoms with Crippen LogP contribution in [0.3, 0.4) is 0 Å². The number of carboxylic acid groups (broad SMARTS) is 1. The number of aromatic nitrogens is 3. The highest BCUT2D eigenvalue weighted by Gasteiger charge is 2.16. The van der Waals surface area contributed by atoms with E-state index in [0.29, 0.717) is 34.5 Å². The van der Waals surface area contributed by atoms with E-state index in [1.165, 1.54) is 12.4 Å². The van der Waals surface area contributed by atoms with Crippen molar-refractivity contribution in [2.45, 2.75) is 6.61 Å². The van der Waals surface area contributed by atoms with Crippen LogP contribution in [0.4, 0.5) is 0 Å². The normalized spacial score (nSPS) is 10.7. The summed E-state index contributed by atoms with van der Waals surface area (Å²) in [6, 6.07) is 21.6. The molecule has 1 N–H and O–H groups in total. The highest BCUT2D eigenvalue weighted by atomic mass is 35.5. The van der Waals surface area contributed by atoms with Crippen molar-refractivity contribution in [1.82, 2.24) is 14.8 Å². The van der Waals surface area contributed by atoms with Gasteiger partial charge in [0, 0.05) is 10.6 Å². The minimum atomic E-state index is -1.01. The minimum absolute atomic E-state index is 0.170. The average molecular weight is 406 g/mol. The molecule has 0 unspecified atom stereocenters. The molecule has 0 amide bonds. The van der Waals surface area contributed by atoms with Crippen molar-refractivity contribution >= 4 is 17.6 Å². The van der Waals surface area contributed by atoms with Gasteiger partial charge in [-0.1, -0.05) is 54.1 Å². The number of carbonyl (C=O) groups is 1. The molecule has 29 heavy (non-hydrogen) atoms. The maximum absolute atomic E-state index is 11.3. The number of nitrogens with zero attached hydrogens (tertiary/aromatic N) is 3. The fraction of sp³-hybridized carbons (Fsp3) is 0.0455. The lowest BCUT2D eigenvalue weighted by molar-refractivity contribution is 0.0697. The van der Waals surface area contributed by atoms with Gasteiger partial charge in [-0.05, 0) is 35.9 Å². The zero-order valence-corrected chi connectivity index (χ0v) is 16.0. The summed E-state index contributed by atoms with van der Waals surface area (Å²) in [5, 5.41) is 14.1. The summed E-state index contributed by atoms with van der Waals surface area (Å²) < 4.78 is 7.60. The summed E-state index contributed by atoms with van der Waals surface area (Å²) in [5.74, 6) is 0.0619. The second-order valence-electron chi connectivity index (χ2n) is 6.27. The van der Waals surface area contributed by atoms with Crippen LogP contribution in [-0.2, 0) is 6.61 Å². The van der Waals surface area contributed by atoms with E-state index < -0.39 is 5.97 Å². The largest absolute Gasteiger partial charge is 0.487 e. The molecule has 0 radical (unpaired) electrons. The number of ether oxygens (including phenoxy) is 1. The highest BCUT2D eigenvalue weighted by Crippen LogP contribution is 2.30. The van der Waals surface area contributed by atoms with Crippen LogP contribution in [0, 0.1) is 0 Å². The quantitative estimate of drug-likeness (QED) is 0.495. The summed E-state index contributed by atoms with van der Waals surface area (Å²) in [6.45, 7) is 0.383. The minimum Gasteiger partial charge on any atom is -0.487 e. The smallest absolute Gasteiger partial charge is 0.335 e. The van der Waals surface area contributed by atoms with Crippen LogP contribution in [0.2, 0.25) is 5.02 Å². The van der Waals surface area contributed by atoms with Crippen LogP contribution in [0.5, 0.6) is 5.75 Å². The molecular weight excluding hydrogens is 390 g/mol. The molecule has 0 saturated heterocycles.